The van der Waals surface area contributed by atoms with E-state index in [9.17, 15) is 4.79 Å². The zero-order chi connectivity index (χ0) is 17.2. The Bertz CT molecular complexity index is 672. The van der Waals surface area contributed by atoms with E-state index in [1.807, 2.05) is 46.8 Å². The highest BCUT2D eigenvalue weighted by Gasteiger charge is 2.30. The molecule has 0 fully saturated rings. The van der Waals surface area contributed by atoms with Gasteiger partial charge in [0.25, 0.3) is 0 Å². The average molecular weight is 336 g/mol. The van der Waals surface area contributed by atoms with Gasteiger partial charge in [0, 0.05) is 22.0 Å². The zero-order valence-electron chi connectivity index (χ0n) is 14.1. The van der Waals surface area contributed by atoms with E-state index in [4.69, 9.17) is 16.1 Å². The highest BCUT2D eigenvalue weighted by Crippen LogP contribution is 2.22. The molecule has 2 aromatic rings. The lowest BCUT2D eigenvalue weighted by atomic mass is 9.94. The molecule has 1 aromatic heterocycles. The summed E-state index contributed by atoms with van der Waals surface area (Å²) in [6.07, 6.45) is 0. The van der Waals surface area contributed by atoms with Gasteiger partial charge in [-0.05, 0) is 38.1 Å². The molecule has 1 aromatic carbocycles. The van der Waals surface area contributed by atoms with Crippen LogP contribution in [-0.2, 0) is 11.3 Å². The Morgan fingerprint density at radius 2 is 1.87 bits per heavy atom. The molecule has 1 heterocycles. The van der Waals surface area contributed by atoms with Crippen LogP contribution in [0.2, 0.25) is 5.02 Å². The third-order valence-electron chi connectivity index (χ3n) is 3.40. The molecular formula is C17H22ClN3O2. The van der Waals surface area contributed by atoms with Crippen LogP contribution in [0.5, 0.6) is 0 Å². The van der Waals surface area contributed by atoms with Gasteiger partial charge in [-0.1, -0.05) is 37.5 Å². The van der Waals surface area contributed by atoms with Gasteiger partial charge in [0.1, 0.15) is 6.54 Å². The number of benzene rings is 1. The maximum absolute atomic E-state index is 12.5. The molecule has 0 spiro atoms. The number of nitrogens with zero attached hydrogens (tertiary/aromatic N) is 3. The number of hydrogen-bond donors (Lipinski definition) is 0. The average Bonchev–Trinajstić information content (AvgIpc) is 2.92. The lowest BCUT2D eigenvalue weighted by Gasteiger charge is -2.31. The van der Waals surface area contributed by atoms with Crippen molar-refractivity contribution in [2.24, 2.45) is 5.41 Å². The van der Waals surface area contributed by atoms with Crippen molar-refractivity contribution in [1.82, 2.24) is 15.0 Å². The van der Waals surface area contributed by atoms with Gasteiger partial charge in [-0.25, -0.2) is 0 Å². The van der Waals surface area contributed by atoms with Crippen LogP contribution in [0.1, 0.15) is 40.5 Å². The Kier molecular flexibility index (Phi) is 5.09. The summed E-state index contributed by atoms with van der Waals surface area (Å²) in [6, 6.07) is 7.26. The molecule has 23 heavy (non-hydrogen) atoms. The first-order chi connectivity index (χ1) is 10.7. The maximum atomic E-state index is 12.5. The molecule has 1 amide bonds. The van der Waals surface area contributed by atoms with Crippen LogP contribution < -0.4 is 0 Å². The fraction of sp³-hybridized carbons (Fsp3) is 0.471. The Morgan fingerprint density at radius 3 is 2.39 bits per heavy atom. The predicted molar refractivity (Wildman–Crippen MR) is 89.9 cm³/mol. The van der Waals surface area contributed by atoms with E-state index in [-0.39, 0.29) is 11.9 Å². The van der Waals surface area contributed by atoms with Gasteiger partial charge >= 0.3 is 0 Å². The molecule has 6 heteroatoms. The Hall–Kier alpha value is -1.88. The molecule has 0 radical (unpaired) electrons. The van der Waals surface area contributed by atoms with Crippen molar-refractivity contribution in [1.29, 1.82) is 0 Å². The normalized spacial score (nSPS) is 11.8. The fourth-order valence-corrected chi connectivity index (χ4v) is 2.23. The van der Waals surface area contributed by atoms with Crippen LogP contribution >= 0.6 is 11.6 Å². The number of halogens is 1. The van der Waals surface area contributed by atoms with Crippen molar-refractivity contribution >= 4 is 17.5 Å². The van der Waals surface area contributed by atoms with Gasteiger partial charge in [-0.2, -0.15) is 4.98 Å². The van der Waals surface area contributed by atoms with Gasteiger partial charge < -0.3 is 9.42 Å². The van der Waals surface area contributed by atoms with E-state index in [1.165, 1.54) is 0 Å². The van der Waals surface area contributed by atoms with Crippen LogP contribution in [0.4, 0.5) is 0 Å². The lowest BCUT2D eigenvalue weighted by Crippen LogP contribution is -2.43. The molecule has 2 rings (SSSR count). The summed E-state index contributed by atoms with van der Waals surface area (Å²) in [5, 5.41) is 4.63. The summed E-state index contributed by atoms with van der Waals surface area (Å²) in [4.78, 5) is 18.7. The van der Waals surface area contributed by atoms with Crippen molar-refractivity contribution in [3.05, 3.63) is 35.2 Å². The number of aromatic nitrogens is 2. The lowest BCUT2D eigenvalue weighted by molar-refractivity contribution is -0.142. The summed E-state index contributed by atoms with van der Waals surface area (Å²) in [5.74, 6) is 0.962. The highest BCUT2D eigenvalue weighted by molar-refractivity contribution is 6.30. The summed E-state index contributed by atoms with van der Waals surface area (Å²) in [6.45, 7) is 9.95. The van der Waals surface area contributed by atoms with Gasteiger partial charge in [-0.15, -0.1) is 0 Å². The second-order valence-electron chi connectivity index (χ2n) is 6.80. The second kappa shape index (κ2) is 6.71. The van der Waals surface area contributed by atoms with Crippen molar-refractivity contribution in [3.63, 3.8) is 0 Å². The minimum atomic E-state index is -0.455. The molecule has 0 aliphatic rings. The third kappa shape index (κ3) is 4.32. The molecule has 0 unspecified atom stereocenters. The molecule has 0 saturated heterocycles. The Balaban J connectivity index is 2.19. The number of rotatable bonds is 4. The SMILES string of the molecule is CC(C)N(Cc1nc(-c2ccc(Cl)cc2)no1)C(=O)C(C)(C)C. The first-order valence-electron chi connectivity index (χ1n) is 7.58. The first kappa shape index (κ1) is 17.5. The van der Waals surface area contributed by atoms with Crippen LogP contribution in [0.3, 0.4) is 0 Å². The molecule has 5 nitrogen and oxygen atoms in total. The molecule has 124 valence electrons. The van der Waals surface area contributed by atoms with Crippen LogP contribution in [-0.4, -0.2) is 27.0 Å². The standard InChI is InChI=1S/C17H22ClN3O2/c1-11(2)21(16(22)17(3,4)5)10-14-19-15(20-23-14)12-6-8-13(18)9-7-12/h6-9,11H,10H2,1-5H3. The molecule has 0 aliphatic heterocycles. The maximum Gasteiger partial charge on any atom is 0.246 e. The van der Waals surface area contributed by atoms with E-state index >= 15 is 0 Å². The van der Waals surface area contributed by atoms with Crippen LogP contribution in [0, 0.1) is 5.41 Å². The van der Waals surface area contributed by atoms with Crippen molar-refractivity contribution in [2.45, 2.75) is 47.2 Å². The van der Waals surface area contributed by atoms with E-state index in [1.54, 1.807) is 17.0 Å². The van der Waals surface area contributed by atoms with Gasteiger partial charge in [0.05, 0.1) is 0 Å². The summed E-state index contributed by atoms with van der Waals surface area (Å²) in [7, 11) is 0. The monoisotopic (exact) mass is 335 g/mol. The number of hydrogen-bond acceptors (Lipinski definition) is 4. The van der Waals surface area contributed by atoms with Gasteiger partial charge in [-0.3, -0.25) is 4.79 Å². The minimum absolute atomic E-state index is 0.0487. The molecule has 0 aliphatic carbocycles. The quantitative estimate of drug-likeness (QED) is 0.841. The third-order valence-corrected chi connectivity index (χ3v) is 3.65. The Morgan fingerprint density at radius 1 is 1.26 bits per heavy atom. The minimum Gasteiger partial charge on any atom is -0.337 e. The van der Waals surface area contributed by atoms with Gasteiger partial charge in [0.2, 0.25) is 17.6 Å². The topological polar surface area (TPSA) is 59.2 Å². The summed E-state index contributed by atoms with van der Waals surface area (Å²) in [5.41, 5.74) is 0.367. The van der Waals surface area contributed by atoms with E-state index in [0.717, 1.165) is 5.56 Å². The largest absolute Gasteiger partial charge is 0.337 e. The van der Waals surface area contributed by atoms with E-state index < -0.39 is 5.41 Å². The summed E-state index contributed by atoms with van der Waals surface area (Å²) < 4.78 is 5.30. The van der Waals surface area contributed by atoms with Crippen molar-refractivity contribution < 1.29 is 9.32 Å². The van der Waals surface area contributed by atoms with E-state index in [2.05, 4.69) is 10.1 Å². The van der Waals surface area contributed by atoms with Gasteiger partial charge in [0.15, 0.2) is 0 Å². The molecule has 0 N–H and O–H groups in total. The number of carbonyl (C=O) groups excluding carboxylic acids is 1. The molecule has 0 atom stereocenters. The second-order valence-corrected chi connectivity index (χ2v) is 7.23. The number of amides is 1. The van der Waals surface area contributed by atoms with Crippen LogP contribution in [0.25, 0.3) is 11.4 Å². The van der Waals surface area contributed by atoms with Crippen molar-refractivity contribution in [3.8, 4) is 11.4 Å². The predicted octanol–water partition coefficient (Wildman–Crippen LogP) is 4.17. The highest BCUT2D eigenvalue weighted by atomic mass is 35.5. The summed E-state index contributed by atoms with van der Waals surface area (Å²) >= 11 is 5.88. The number of carbonyl (C=O) groups is 1. The fourth-order valence-electron chi connectivity index (χ4n) is 2.10. The van der Waals surface area contributed by atoms with Crippen LogP contribution in [0.15, 0.2) is 28.8 Å². The Labute approximate surface area is 141 Å². The van der Waals surface area contributed by atoms with E-state index in [0.29, 0.717) is 23.3 Å². The first-order valence-corrected chi connectivity index (χ1v) is 7.96. The zero-order valence-corrected chi connectivity index (χ0v) is 14.9. The molecule has 0 saturated carbocycles. The molecular weight excluding hydrogens is 314 g/mol. The van der Waals surface area contributed by atoms with Crippen molar-refractivity contribution in [2.75, 3.05) is 0 Å². The molecule has 0 bridgehead atoms. The smallest absolute Gasteiger partial charge is 0.246 e.